The van der Waals surface area contributed by atoms with Crippen LogP contribution in [-0.4, -0.2) is 89.2 Å². The van der Waals surface area contributed by atoms with Gasteiger partial charge in [-0.2, -0.15) is 0 Å². The molecule has 2 fully saturated rings. The maximum Gasteiger partial charge on any atom is 0.330 e. The van der Waals surface area contributed by atoms with Crippen LogP contribution in [0.1, 0.15) is 64.9 Å². The Labute approximate surface area is 317 Å². The summed E-state index contributed by atoms with van der Waals surface area (Å²) in [4.78, 5) is 27.0. The summed E-state index contributed by atoms with van der Waals surface area (Å²) in [6.45, 7) is 6.32. The highest BCUT2D eigenvalue weighted by atomic mass is 79.9. The first-order valence-corrected chi connectivity index (χ1v) is 19.5. The minimum absolute atomic E-state index is 0.0264. The summed E-state index contributed by atoms with van der Waals surface area (Å²) < 4.78 is 49.1. The summed E-state index contributed by atoms with van der Waals surface area (Å²) in [7, 11) is 6.56. The molecule has 5 rings (SSSR count). The number of halogens is 1. The van der Waals surface area contributed by atoms with E-state index in [1.165, 1.54) is 0 Å². The van der Waals surface area contributed by atoms with Crippen molar-refractivity contribution in [2.75, 3.05) is 28.4 Å². The van der Waals surface area contributed by atoms with E-state index < -0.39 is 12.4 Å². The number of carbonyl (C=O) groups is 2. The SMILES string of the molecule is CC[C@H]1CCC[C@H](OCc2ccc(OC)cc2)[C@@H](C)C(=O)/C=C/[C@H]2[C@@H]3C[C@H](OC4OC(C)C(OC)C(OC)C4OC)C[C@H]3C(Br)=C[C@H]2/C=C/C(=O)O1. The Kier molecular flexibility index (Phi) is 15.1. The highest BCUT2D eigenvalue weighted by molar-refractivity contribution is 9.11. The highest BCUT2D eigenvalue weighted by Gasteiger charge is 2.50. The molecule has 0 spiro atoms. The van der Waals surface area contributed by atoms with Gasteiger partial charge in [-0.3, -0.25) is 4.79 Å². The van der Waals surface area contributed by atoms with E-state index in [9.17, 15) is 9.59 Å². The monoisotopic (exact) mass is 788 g/mol. The summed E-state index contributed by atoms with van der Waals surface area (Å²) >= 11 is 3.88. The molecule has 10 nitrogen and oxygen atoms in total. The van der Waals surface area contributed by atoms with Crippen LogP contribution in [-0.2, 0) is 49.4 Å². The molecular formula is C41H57BrO10. The molecule has 288 valence electrons. The zero-order valence-corrected chi connectivity index (χ0v) is 33.2. The molecule has 0 aromatic heterocycles. The average Bonchev–Trinajstić information content (AvgIpc) is 3.57. The minimum atomic E-state index is -0.637. The third-order valence-corrected chi connectivity index (χ3v) is 12.3. The van der Waals surface area contributed by atoms with Crippen molar-refractivity contribution in [1.29, 1.82) is 0 Å². The molecule has 2 aliphatic heterocycles. The first kappa shape index (κ1) is 40.8. The first-order valence-electron chi connectivity index (χ1n) is 18.7. The number of esters is 1. The van der Waals surface area contributed by atoms with Crippen LogP contribution < -0.4 is 4.74 Å². The van der Waals surface area contributed by atoms with Crippen molar-refractivity contribution in [3.05, 3.63) is 64.7 Å². The molecule has 1 aromatic rings. The van der Waals surface area contributed by atoms with Crippen molar-refractivity contribution in [3.63, 3.8) is 0 Å². The zero-order chi connectivity index (χ0) is 37.4. The van der Waals surface area contributed by atoms with E-state index in [4.69, 9.17) is 37.9 Å². The van der Waals surface area contributed by atoms with Crippen molar-refractivity contribution in [3.8, 4) is 5.75 Å². The maximum absolute atomic E-state index is 13.9. The number of carbonyl (C=O) groups excluding carboxylic acids is 2. The van der Waals surface area contributed by atoms with Gasteiger partial charge in [-0.15, -0.1) is 0 Å². The summed E-state index contributed by atoms with van der Waals surface area (Å²) in [6.07, 6.45) is 11.1. The van der Waals surface area contributed by atoms with E-state index in [1.807, 2.05) is 57.2 Å². The fourth-order valence-corrected chi connectivity index (χ4v) is 9.21. The second-order valence-corrected chi connectivity index (χ2v) is 15.4. The van der Waals surface area contributed by atoms with Crippen LogP contribution in [0.5, 0.6) is 5.75 Å². The quantitative estimate of drug-likeness (QED) is 0.227. The van der Waals surface area contributed by atoms with Gasteiger partial charge in [-0.1, -0.05) is 60.1 Å². The van der Waals surface area contributed by atoms with Crippen molar-refractivity contribution < 1.29 is 47.5 Å². The number of hydrogen-bond donors (Lipinski definition) is 0. The molecule has 1 saturated carbocycles. The zero-order valence-electron chi connectivity index (χ0n) is 31.6. The van der Waals surface area contributed by atoms with E-state index in [0.717, 1.165) is 35.1 Å². The van der Waals surface area contributed by atoms with Crippen LogP contribution in [0, 0.1) is 29.6 Å². The molecule has 0 bridgehead atoms. The number of ketones is 1. The van der Waals surface area contributed by atoms with Gasteiger partial charge in [0.15, 0.2) is 12.1 Å². The molecule has 0 radical (unpaired) electrons. The van der Waals surface area contributed by atoms with Gasteiger partial charge in [0.25, 0.3) is 0 Å². The predicted molar refractivity (Wildman–Crippen MR) is 200 cm³/mol. The van der Waals surface area contributed by atoms with E-state index >= 15 is 0 Å². The van der Waals surface area contributed by atoms with Crippen LogP contribution in [0.3, 0.4) is 0 Å². The van der Waals surface area contributed by atoms with Crippen molar-refractivity contribution >= 4 is 27.7 Å². The van der Waals surface area contributed by atoms with Crippen LogP contribution >= 0.6 is 15.9 Å². The van der Waals surface area contributed by atoms with Gasteiger partial charge < -0.3 is 37.9 Å². The predicted octanol–water partition coefficient (Wildman–Crippen LogP) is 7.13. The van der Waals surface area contributed by atoms with E-state index in [1.54, 1.807) is 40.6 Å². The lowest BCUT2D eigenvalue weighted by Gasteiger charge is -2.44. The second kappa shape index (κ2) is 19.3. The van der Waals surface area contributed by atoms with Crippen LogP contribution in [0.15, 0.2) is 59.1 Å². The largest absolute Gasteiger partial charge is 0.497 e. The first-order chi connectivity index (χ1) is 25.1. The minimum Gasteiger partial charge on any atom is -0.497 e. The second-order valence-electron chi connectivity index (χ2n) is 14.5. The van der Waals surface area contributed by atoms with Crippen LogP contribution in [0.4, 0.5) is 0 Å². The number of hydrogen-bond acceptors (Lipinski definition) is 10. The van der Waals surface area contributed by atoms with Gasteiger partial charge in [0.05, 0.1) is 32.0 Å². The average molecular weight is 790 g/mol. The number of ether oxygens (including phenoxy) is 8. The molecule has 4 aliphatic rings. The van der Waals surface area contributed by atoms with Crippen molar-refractivity contribution in [2.45, 2.75) is 115 Å². The Morgan fingerprint density at radius 3 is 2.29 bits per heavy atom. The van der Waals surface area contributed by atoms with Gasteiger partial charge in [0, 0.05) is 39.2 Å². The van der Waals surface area contributed by atoms with Gasteiger partial charge in [0.2, 0.25) is 0 Å². The molecule has 0 N–H and O–H groups in total. The summed E-state index contributed by atoms with van der Waals surface area (Å²) in [5.41, 5.74) is 1.01. The Morgan fingerprint density at radius 2 is 1.62 bits per heavy atom. The lowest BCUT2D eigenvalue weighted by atomic mass is 9.71. The number of benzene rings is 1. The molecule has 13 atom stereocenters. The Morgan fingerprint density at radius 1 is 0.885 bits per heavy atom. The normalized spacial score (nSPS) is 38.5. The smallest absolute Gasteiger partial charge is 0.330 e. The van der Waals surface area contributed by atoms with Crippen molar-refractivity contribution in [1.82, 2.24) is 0 Å². The van der Waals surface area contributed by atoms with Gasteiger partial charge in [0.1, 0.15) is 30.2 Å². The van der Waals surface area contributed by atoms with E-state index in [2.05, 4.69) is 22.0 Å². The molecule has 1 aromatic carbocycles. The molecule has 1 saturated heterocycles. The fraction of sp³-hybridized carbons (Fsp3) is 0.659. The maximum atomic E-state index is 13.9. The van der Waals surface area contributed by atoms with Gasteiger partial charge in [-0.05, 0) is 91.5 Å². The van der Waals surface area contributed by atoms with Gasteiger partial charge >= 0.3 is 5.97 Å². The Bertz CT molecular complexity index is 1410. The topological polar surface area (TPSA) is 108 Å². The Balaban J connectivity index is 1.37. The highest BCUT2D eigenvalue weighted by Crippen LogP contribution is 2.52. The summed E-state index contributed by atoms with van der Waals surface area (Å²) in [5, 5.41) is 0. The molecule has 52 heavy (non-hydrogen) atoms. The standard InChI is InChI=1S/C41H57BrO10/c1-8-28-10-9-11-36(49-23-26-12-15-29(45-4)16-13-26)24(2)35(43)18-17-31-27(14-19-37(44)51-28)20-34(42)33-22-30(21-32(31)33)52-41-40(48-7)39(47-6)38(46-5)25(3)50-41/h12-20,24-25,27-28,30-33,36,38-41H,8-11,21-23H2,1-7H3/b18-17+,19-14+/t24-,25?,27+,28-,30-,31+,32-,33+,36-,38?,39?,40?,41?/m0/s1. The molecule has 0 amide bonds. The van der Waals surface area contributed by atoms with E-state index in [-0.39, 0.29) is 78.0 Å². The molecule has 5 unspecified atom stereocenters. The number of methoxy groups -OCH3 is 4. The lowest BCUT2D eigenvalue weighted by molar-refractivity contribution is -0.314. The summed E-state index contributed by atoms with van der Waals surface area (Å²) in [5.74, 6) is 0.216. The number of allylic oxidation sites excluding steroid dienone is 5. The van der Waals surface area contributed by atoms with Crippen LogP contribution in [0.2, 0.25) is 0 Å². The van der Waals surface area contributed by atoms with Crippen LogP contribution in [0.25, 0.3) is 0 Å². The molecular weight excluding hydrogens is 732 g/mol. The molecule has 11 heteroatoms. The van der Waals surface area contributed by atoms with Gasteiger partial charge in [-0.25, -0.2) is 4.79 Å². The Hall–Kier alpha value is -2.38. The number of fused-ring (bicyclic) bond motifs is 3. The third-order valence-electron chi connectivity index (χ3n) is 11.4. The molecule has 2 heterocycles. The number of cyclic esters (lactones) is 1. The van der Waals surface area contributed by atoms with Crippen molar-refractivity contribution in [2.24, 2.45) is 29.6 Å². The fourth-order valence-electron chi connectivity index (χ4n) is 8.38. The number of rotatable bonds is 10. The third kappa shape index (κ3) is 9.83. The lowest BCUT2D eigenvalue weighted by Crippen LogP contribution is -2.59. The summed E-state index contributed by atoms with van der Waals surface area (Å²) in [6, 6.07) is 7.77. The molecule has 2 aliphatic carbocycles. The van der Waals surface area contributed by atoms with E-state index in [0.29, 0.717) is 25.9 Å².